The summed E-state index contributed by atoms with van der Waals surface area (Å²) in [5.41, 5.74) is 0. The van der Waals surface area contributed by atoms with Crippen molar-refractivity contribution in [3.05, 3.63) is 0 Å². The van der Waals surface area contributed by atoms with Gasteiger partial charge in [-0.15, -0.1) is 0 Å². The van der Waals surface area contributed by atoms with Crippen LogP contribution in [-0.2, 0) is 29.5 Å². The Morgan fingerprint density at radius 2 is 0.950 bits per heavy atom. The molecule has 0 amide bonds. The summed E-state index contributed by atoms with van der Waals surface area (Å²) in [6, 6.07) is 0. The zero-order valence-electron chi connectivity index (χ0n) is 10.2. The van der Waals surface area contributed by atoms with Crippen LogP contribution in [0.4, 0.5) is 0 Å². The van der Waals surface area contributed by atoms with Crippen LogP contribution in [-0.4, -0.2) is 85.6 Å². The lowest BCUT2D eigenvalue weighted by Crippen LogP contribution is -2.32. The third kappa shape index (κ3) is 19.9. The van der Waals surface area contributed by atoms with Crippen LogP contribution in [0.15, 0.2) is 0 Å². The van der Waals surface area contributed by atoms with Crippen LogP contribution in [0.2, 0.25) is 0 Å². The molecule has 0 unspecified atom stereocenters. The Hall–Kier alpha value is -0.420. The highest BCUT2D eigenvalue weighted by Crippen LogP contribution is 1.92. The largest absolute Gasteiger partial charge is 0.425 e. The van der Waals surface area contributed by atoms with Crippen LogP contribution in [0.5, 0.6) is 0 Å². The molecule has 12 nitrogen and oxygen atoms in total. The van der Waals surface area contributed by atoms with Crippen molar-refractivity contribution < 1.29 is 49.9 Å². The first-order chi connectivity index (χ1) is 9.05. The van der Waals surface area contributed by atoms with Crippen LogP contribution < -0.4 is 0 Å². The van der Waals surface area contributed by atoms with Crippen LogP contribution in [0.3, 0.4) is 0 Å². The molecule has 0 aromatic rings. The summed E-state index contributed by atoms with van der Waals surface area (Å²) in [6.07, 6.45) is 0. The summed E-state index contributed by atoms with van der Waals surface area (Å²) in [4.78, 5) is 1.79. The Labute approximate surface area is 116 Å². The van der Waals surface area contributed by atoms with Gasteiger partial charge < -0.3 is 15.3 Å². The summed E-state index contributed by atoms with van der Waals surface area (Å²) in [5, 5.41) is 25.5. The first kappa shape index (κ1) is 21.9. The van der Waals surface area contributed by atoms with E-state index in [1.54, 1.807) is 4.90 Å². The van der Waals surface area contributed by atoms with E-state index in [-0.39, 0.29) is 19.8 Å². The van der Waals surface area contributed by atoms with Gasteiger partial charge in [0.05, 0.1) is 19.8 Å². The van der Waals surface area contributed by atoms with Gasteiger partial charge in [-0.3, -0.25) is 14.0 Å². The van der Waals surface area contributed by atoms with Gasteiger partial charge in [-0.05, 0) is 0 Å². The van der Waals surface area contributed by atoms with Gasteiger partial charge in [-0.1, -0.05) is 8.67 Å². The van der Waals surface area contributed by atoms with Crippen LogP contribution in [0.1, 0.15) is 0 Å². The molecule has 14 heteroatoms. The van der Waals surface area contributed by atoms with Crippen molar-refractivity contribution in [1.29, 1.82) is 0 Å². The van der Waals surface area contributed by atoms with Gasteiger partial charge in [-0.2, -0.15) is 16.8 Å². The van der Waals surface area contributed by atoms with Gasteiger partial charge in [-0.25, -0.2) is 0 Å². The minimum Gasteiger partial charge on any atom is -0.395 e. The van der Waals surface area contributed by atoms with Crippen LogP contribution >= 0.6 is 0 Å². The number of aliphatic hydroxyl groups excluding tert-OH is 3. The summed E-state index contributed by atoms with van der Waals surface area (Å²) in [6.45, 7) is 1.75. The Kier molecular flexibility index (Phi) is 12.3. The molecule has 0 bridgehead atoms. The highest BCUT2D eigenvalue weighted by molar-refractivity contribution is 7.83. The van der Waals surface area contributed by atoms with Gasteiger partial charge in [0.15, 0.2) is 0 Å². The minimum atomic E-state index is -5.02. The first-order valence-electron chi connectivity index (χ1n) is 4.93. The normalized spacial score (nSPS) is 12.1. The topological polar surface area (TPSA) is 191 Å². The molecule has 0 saturated carbocycles. The maximum atomic E-state index is 9.51. The van der Waals surface area contributed by atoms with Crippen molar-refractivity contribution >= 4 is 20.8 Å². The van der Waals surface area contributed by atoms with Gasteiger partial charge in [0.2, 0.25) is 0 Å². The zero-order chi connectivity index (χ0) is 16.2. The molecule has 0 aliphatic rings. The predicted molar refractivity (Wildman–Crippen MR) is 63.0 cm³/mol. The minimum absolute atomic E-state index is 0.0694. The maximum absolute atomic E-state index is 9.51. The lowest BCUT2D eigenvalue weighted by molar-refractivity contribution is -0.105. The molecule has 0 rings (SSSR count). The van der Waals surface area contributed by atoms with Crippen molar-refractivity contribution in [3.8, 4) is 0 Å². The predicted octanol–water partition coefficient (Wildman–Crippen LogP) is -3.19. The van der Waals surface area contributed by atoms with Crippen LogP contribution in [0, 0.1) is 0 Å². The van der Waals surface area contributed by atoms with E-state index in [0.29, 0.717) is 19.6 Å². The van der Waals surface area contributed by atoms with Crippen molar-refractivity contribution in [3.63, 3.8) is 0 Å². The first-order valence-corrected chi connectivity index (χ1v) is 7.66. The lowest BCUT2D eigenvalue weighted by atomic mass is 10.4. The smallest absolute Gasteiger partial charge is 0.395 e. The van der Waals surface area contributed by atoms with Crippen molar-refractivity contribution in [2.75, 3.05) is 39.5 Å². The van der Waals surface area contributed by atoms with Gasteiger partial charge in [0, 0.05) is 19.6 Å². The average molecular weight is 343 g/mol. The number of aliphatic hydroxyl groups is 3. The molecule has 0 spiro atoms. The Morgan fingerprint density at radius 3 is 1.10 bits per heavy atom. The molecule has 20 heavy (non-hydrogen) atoms. The van der Waals surface area contributed by atoms with Crippen molar-refractivity contribution in [2.24, 2.45) is 0 Å². The number of nitrogens with zero attached hydrogens (tertiary/aromatic N) is 1. The Balaban J connectivity index is 0. The van der Waals surface area contributed by atoms with E-state index in [1.165, 1.54) is 0 Å². The number of hydrogen-bond acceptors (Lipinski definition) is 10. The average Bonchev–Trinajstić information content (AvgIpc) is 2.27. The standard InChI is InChI=1S/C6H15NO3.H2O8S2/c8-4-1-7(2-5-9)3-6-10;1-9(2,3)7-8-10(4,5)6/h8-10H,1-6H2;(H,1,2,3)(H,4,5,6). The second-order valence-electron chi connectivity index (χ2n) is 3.00. The molecule has 0 aliphatic carbocycles. The third-order valence-corrected chi connectivity index (χ3v) is 2.01. The molecule has 0 saturated heterocycles. The van der Waals surface area contributed by atoms with Crippen molar-refractivity contribution in [2.45, 2.75) is 0 Å². The highest BCUT2D eigenvalue weighted by atomic mass is 32.3. The fraction of sp³-hybridized carbons (Fsp3) is 1.00. The summed E-state index contributed by atoms with van der Waals surface area (Å²) < 4.78 is 58.9. The maximum Gasteiger partial charge on any atom is 0.425 e. The van der Waals surface area contributed by atoms with E-state index < -0.39 is 20.8 Å². The molecule has 0 fully saturated rings. The van der Waals surface area contributed by atoms with E-state index in [0.717, 1.165) is 0 Å². The second kappa shape index (κ2) is 11.3. The monoisotopic (exact) mass is 343 g/mol. The fourth-order valence-corrected chi connectivity index (χ4v) is 1.39. The second-order valence-corrected chi connectivity index (χ2v) is 4.99. The van der Waals surface area contributed by atoms with Crippen LogP contribution in [0.25, 0.3) is 0 Å². The summed E-state index contributed by atoms with van der Waals surface area (Å²) in [5.74, 6) is 0. The molecule has 0 aromatic heterocycles. The SMILES string of the molecule is O=S(=O)(O)OOS(=O)(=O)O.OCCN(CCO)CCO. The third-order valence-electron chi connectivity index (χ3n) is 1.45. The van der Waals surface area contributed by atoms with E-state index in [4.69, 9.17) is 24.4 Å². The van der Waals surface area contributed by atoms with Gasteiger partial charge in [0.25, 0.3) is 0 Å². The van der Waals surface area contributed by atoms with Gasteiger partial charge >= 0.3 is 20.8 Å². The molecule has 5 N–H and O–H groups in total. The van der Waals surface area contributed by atoms with Gasteiger partial charge in [0.1, 0.15) is 0 Å². The molecule has 0 atom stereocenters. The van der Waals surface area contributed by atoms with E-state index in [1.807, 2.05) is 0 Å². The number of rotatable bonds is 9. The Morgan fingerprint density at radius 1 is 0.700 bits per heavy atom. The molecular weight excluding hydrogens is 326 g/mol. The fourth-order valence-electron chi connectivity index (χ4n) is 0.830. The Bertz CT molecular complexity index is 372. The quantitative estimate of drug-likeness (QED) is 0.160. The molecule has 0 radical (unpaired) electrons. The molecule has 0 aliphatic heterocycles. The highest BCUT2D eigenvalue weighted by Gasteiger charge is 2.13. The molecule has 124 valence electrons. The van der Waals surface area contributed by atoms with E-state index >= 15 is 0 Å². The molecule has 0 heterocycles. The summed E-state index contributed by atoms with van der Waals surface area (Å²) in [7, 11) is -10.0. The zero-order valence-corrected chi connectivity index (χ0v) is 11.8. The van der Waals surface area contributed by atoms with E-state index in [9.17, 15) is 16.8 Å². The van der Waals surface area contributed by atoms with E-state index in [2.05, 4.69) is 8.67 Å². The molecule has 0 aromatic carbocycles. The molecular formula is C6H17NO11S2. The number of hydrogen-bond donors (Lipinski definition) is 5. The lowest BCUT2D eigenvalue weighted by Gasteiger charge is -2.17. The summed E-state index contributed by atoms with van der Waals surface area (Å²) >= 11 is 0. The van der Waals surface area contributed by atoms with Crippen molar-refractivity contribution in [1.82, 2.24) is 4.90 Å².